The zero-order valence-corrected chi connectivity index (χ0v) is 11.6. The summed E-state index contributed by atoms with van der Waals surface area (Å²) in [7, 11) is 1.58. The van der Waals surface area contributed by atoms with Crippen LogP contribution in [0.4, 0.5) is 10.1 Å². The Morgan fingerprint density at radius 1 is 1.32 bits per heavy atom. The Balaban J connectivity index is 2.22. The van der Waals surface area contributed by atoms with Gasteiger partial charge in [-0.2, -0.15) is 0 Å². The molecule has 2 aromatic rings. The molecule has 0 saturated carbocycles. The average Bonchev–Trinajstić information content (AvgIpc) is 2.37. The van der Waals surface area contributed by atoms with Gasteiger partial charge in [0.2, 0.25) is 5.56 Å². The van der Waals surface area contributed by atoms with E-state index in [2.05, 4.69) is 21.2 Å². The zero-order valence-electron chi connectivity index (χ0n) is 9.98. The number of pyridine rings is 1. The molecule has 1 heterocycles. The number of carbonyl (C=O) groups excluding carboxylic acids is 1. The Morgan fingerprint density at radius 3 is 2.68 bits per heavy atom. The van der Waals surface area contributed by atoms with Crippen molar-refractivity contribution in [3.63, 3.8) is 0 Å². The van der Waals surface area contributed by atoms with Crippen molar-refractivity contribution in [3.05, 3.63) is 62.7 Å². The summed E-state index contributed by atoms with van der Waals surface area (Å²) in [6, 6.07) is 6.95. The fourth-order valence-corrected chi connectivity index (χ4v) is 1.76. The van der Waals surface area contributed by atoms with Crippen LogP contribution >= 0.6 is 15.9 Å². The molecule has 0 saturated heterocycles. The number of hydrogen-bond donors (Lipinski definition) is 1. The Morgan fingerprint density at radius 2 is 2.05 bits per heavy atom. The van der Waals surface area contributed by atoms with Gasteiger partial charge in [0, 0.05) is 24.9 Å². The van der Waals surface area contributed by atoms with Gasteiger partial charge in [0.15, 0.2) is 0 Å². The van der Waals surface area contributed by atoms with Crippen LogP contribution in [0.3, 0.4) is 0 Å². The minimum atomic E-state index is -0.506. The summed E-state index contributed by atoms with van der Waals surface area (Å²) in [5.74, 6) is -0.946. The number of carbonyl (C=O) groups is 1. The molecule has 0 aliphatic heterocycles. The first-order chi connectivity index (χ1) is 8.97. The van der Waals surface area contributed by atoms with Crippen molar-refractivity contribution in [1.29, 1.82) is 0 Å². The maximum Gasteiger partial charge on any atom is 0.255 e. The fourth-order valence-electron chi connectivity index (χ4n) is 1.51. The van der Waals surface area contributed by atoms with Gasteiger partial charge in [-0.15, -0.1) is 0 Å². The summed E-state index contributed by atoms with van der Waals surface area (Å²) < 4.78 is 15.0. The summed E-state index contributed by atoms with van der Waals surface area (Å²) in [6.07, 6.45) is 1.50. The van der Waals surface area contributed by atoms with E-state index in [0.29, 0.717) is 10.2 Å². The molecule has 1 amide bonds. The average molecular weight is 325 g/mol. The molecule has 1 aromatic heterocycles. The first kappa shape index (κ1) is 13.5. The summed E-state index contributed by atoms with van der Waals surface area (Å²) in [5.41, 5.74) is 0.498. The smallest absolute Gasteiger partial charge is 0.255 e. The minimum absolute atomic E-state index is 0.173. The van der Waals surface area contributed by atoms with Crippen LogP contribution in [0.1, 0.15) is 10.4 Å². The van der Waals surface area contributed by atoms with Crippen molar-refractivity contribution in [3.8, 4) is 0 Å². The van der Waals surface area contributed by atoms with E-state index >= 15 is 0 Å². The molecule has 2 rings (SSSR count). The second-order valence-electron chi connectivity index (χ2n) is 3.95. The lowest BCUT2D eigenvalue weighted by Crippen LogP contribution is -2.18. The number of aromatic nitrogens is 1. The zero-order chi connectivity index (χ0) is 14.0. The van der Waals surface area contributed by atoms with E-state index in [4.69, 9.17) is 0 Å². The second kappa shape index (κ2) is 5.36. The molecule has 0 aliphatic carbocycles. The molecule has 0 aliphatic rings. The quantitative estimate of drug-likeness (QED) is 0.922. The predicted octanol–water partition coefficient (Wildman–Crippen LogP) is 2.54. The van der Waals surface area contributed by atoms with Crippen LogP contribution in [0.5, 0.6) is 0 Å². The number of amides is 1. The van der Waals surface area contributed by atoms with Gasteiger partial charge in [-0.1, -0.05) is 0 Å². The minimum Gasteiger partial charge on any atom is -0.321 e. The lowest BCUT2D eigenvalue weighted by Gasteiger charge is -2.07. The van der Waals surface area contributed by atoms with E-state index in [9.17, 15) is 14.0 Å². The number of aryl methyl sites for hydroxylation is 1. The number of benzene rings is 1. The Bertz CT molecular complexity index is 697. The predicted molar refractivity (Wildman–Crippen MR) is 73.7 cm³/mol. The van der Waals surface area contributed by atoms with Crippen LogP contribution < -0.4 is 10.9 Å². The highest BCUT2D eigenvalue weighted by Gasteiger charge is 2.09. The van der Waals surface area contributed by atoms with E-state index in [1.807, 2.05) is 0 Å². The van der Waals surface area contributed by atoms with Crippen molar-refractivity contribution < 1.29 is 9.18 Å². The first-order valence-corrected chi connectivity index (χ1v) is 6.20. The molecule has 0 bridgehead atoms. The topological polar surface area (TPSA) is 51.1 Å². The van der Waals surface area contributed by atoms with Crippen LogP contribution in [0.15, 0.2) is 45.8 Å². The van der Waals surface area contributed by atoms with Crippen molar-refractivity contribution in [2.75, 3.05) is 5.32 Å². The van der Waals surface area contributed by atoms with Crippen molar-refractivity contribution >= 4 is 27.5 Å². The first-order valence-electron chi connectivity index (χ1n) is 5.40. The molecule has 1 aromatic carbocycles. The molecule has 0 fully saturated rings. The molecule has 0 radical (unpaired) electrons. The lowest BCUT2D eigenvalue weighted by atomic mass is 10.2. The van der Waals surface area contributed by atoms with Crippen LogP contribution in [-0.4, -0.2) is 10.5 Å². The highest BCUT2D eigenvalue weighted by molar-refractivity contribution is 9.10. The second-order valence-corrected chi connectivity index (χ2v) is 4.80. The van der Waals surface area contributed by atoms with Crippen molar-refractivity contribution in [2.24, 2.45) is 7.05 Å². The third kappa shape index (κ3) is 3.08. The third-order valence-electron chi connectivity index (χ3n) is 2.53. The van der Waals surface area contributed by atoms with Gasteiger partial charge in [-0.3, -0.25) is 9.59 Å². The molecule has 1 N–H and O–H groups in total. The SMILES string of the molecule is Cn1cc(NC(=O)c2ccc(Br)c(F)c2)ccc1=O. The molecule has 0 atom stereocenters. The Hall–Kier alpha value is -1.95. The van der Waals surface area contributed by atoms with Crippen LogP contribution in [0, 0.1) is 5.82 Å². The van der Waals surface area contributed by atoms with Gasteiger partial charge in [0.1, 0.15) is 5.82 Å². The van der Waals surface area contributed by atoms with Crippen molar-refractivity contribution in [1.82, 2.24) is 4.57 Å². The number of nitrogens with one attached hydrogen (secondary N) is 1. The van der Waals surface area contributed by atoms with Crippen molar-refractivity contribution in [2.45, 2.75) is 0 Å². The molecule has 98 valence electrons. The summed E-state index contributed by atoms with van der Waals surface area (Å²) >= 11 is 3.02. The third-order valence-corrected chi connectivity index (χ3v) is 3.17. The lowest BCUT2D eigenvalue weighted by molar-refractivity contribution is 0.102. The number of halogens is 2. The van der Waals surface area contributed by atoms with Gasteiger partial charge in [0.25, 0.3) is 5.91 Å². The van der Waals surface area contributed by atoms with Crippen LogP contribution in [0.2, 0.25) is 0 Å². The highest BCUT2D eigenvalue weighted by atomic mass is 79.9. The van der Waals surface area contributed by atoms with E-state index in [-0.39, 0.29) is 11.1 Å². The molecule has 4 nitrogen and oxygen atoms in total. The van der Waals surface area contributed by atoms with Crippen LogP contribution in [0.25, 0.3) is 0 Å². The van der Waals surface area contributed by atoms with E-state index < -0.39 is 11.7 Å². The maximum absolute atomic E-state index is 13.3. The molecule has 19 heavy (non-hydrogen) atoms. The molecule has 0 unspecified atom stereocenters. The maximum atomic E-state index is 13.3. The van der Waals surface area contributed by atoms with E-state index in [1.54, 1.807) is 7.05 Å². The molecular weight excluding hydrogens is 315 g/mol. The number of rotatable bonds is 2. The summed E-state index contributed by atoms with van der Waals surface area (Å²) in [5, 5.41) is 2.59. The van der Waals surface area contributed by atoms with E-state index in [1.165, 1.54) is 35.0 Å². The van der Waals surface area contributed by atoms with Gasteiger partial charge in [-0.25, -0.2) is 4.39 Å². The summed E-state index contributed by atoms with van der Waals surface area (Å²) in [4.78, 5) is 23.1. The number of nitrogens with zero attached hydrogens (tertiary/aromatic N) is 1. The van der Waals surface area contributed by atoms with Gasteiger partial charge < -0.3 is 9.88 Å². The number of hydrogen-bond acceptors (Lipinski definition) is 2. The normalized spacial score (nSPS) is 10.3. The molecule has 6 heteroatoms. The van der Waals surface area contributed by atoms with Gasteiger partial charge in [0.05, 0.1) is 10.2 Å². The summed E-state index contributed by atoms with van der Waals surface area (Å²) in [6.45, 7) is 0. The Labute approximate surface area is 117 Å². The number of anilines is 1. The van der Waals surface area contributed by atoms with Gasteiger partial charge in [-0.05, 0) is 40.2 Å². The largest absolute Gasteiger partial charge is 0.321 e. The fraction of sp³-hybridized carbons (Fsp3) is 0.0769. The highest BCUT2D eigenvalue weighted by Crippen LogP contribution is 2.17. The molecule has 0 spiro atoms. The standard InChI is InChI=1S/C13H10BrFN2O2/c1-17-7-9(3-5-12(17)18)16-13(19)8-2-4-10(14)11(15)6-8/h2-7H,1H3,(H,16,19). The van der Waals surface area contributed by atoms with Gasteiger partial charge >= 0.3 is 0 Å². The molecular formula is C13H10BrFN2O2. The Kier molecular flexibility index (Phi) is 3.80. The monoisotopic (exact) mass is 324 g/mol. The van der Waals surface area contributed by atoms with Crippen LogP contribution in [-0.2, 0) is 7.05 Å². The van der Waals surface area contributed by atoms with E-state index in [0.717, 1.165) is 6.07 Å².